The minimum atomic E-state index is 0.148. The molecule has 0 radical (unpaired) electrons. The van der Waals surface area contributed by atoms with Crippen molar-refractivity contribution in [2.75, 3.05) is 19.4 Å². The van der Waals surface area contributed by atoms with Gasteiger partial charge in [0.1, 0.15) is 5.03 Å². The van der Waals surface area contributed by atoms with Crippen molar-refractivity contribution in [3.8, 4) is 0 Å². The SMILES string of the molecule is CSc1nccnc1CNCCO. The summed E-state index contributed by atoms with van der Waals surface area (Å²) < 4.78 is 0. The van der Waals surface area contributed by atoms with Crippen molar-refractivity contribution in [2.45, 2.75) is 11.6 Å². The fraction of sp³-hybridized carbons (Fsp3) is 0.500. The second-order valence-electron chi connectivity index (χ2n) is 2.41. The van der Waals surface area contributed by atoms with E-state index in [2.05, 4.69) is 15.3 Å². The standard InChI is InChI=1S/C8H13N3OS/c1-13-8-7(6-9-4-5-12)10-2-3-11-8/h2-3,9,12H,4-6H2,1H3. The van der Waals surface area contributed by atoms with Gasteiger partial charge in [-0.2, -0.15) is 0 Å². The van der Waals surface area contributed by atoms with Gasteiger partial charge in [0.2, 0.25) is 0 Å². The lowest BCUT2D eigenvalue weighted by molar-refractivity contribution is 0.291. The van der Waals surface area contributed by atoms with Crippen LogP contribution in [-0.4, -0.2) is 34.5 Å². The van der Waals surface area contributed by atoms with E-state index in [1.54, 1.807) is 24.2 Å². The van der Waals surface area contributed by atoms with Crippen LogP contribution in [0.15, 0.2) is 17.4 Å². The number of thioether (sulfide) groups is 1. The molecule has 0 unspecified atom stereocenters. The van der Waals surface area contributed by atoms with Gasteiger partial charge in [-0.05, 0) is 6.26 Å². The maximum Gasteiger partial charge on any atom is 0.119 e. The Balaban J connectivity index is 2.54. The third-order valence-electron chi connectivity index (χ3n) is 1.51. The lowest BCUT2D eigenvalue weighted by atomic mass is 10.4. The maximum absolute atomic E-state index is 8.57. The van der Waals surface area contributed by atoms with Gasteiger partial charge in [-0.25, -0.2) is 4.98 Å². The van der Waals surface area contributed by atoms with Crippen molar-refractivity contribution < 1.29 is 5.11 Å². The number of aromatic nitrogens is 2. The van der Waals surface area contributed by atoms with Crippen molar-refractivity contribution in [1.82, 2.24) is 15.3 Å². The van der Waals surface area contributed by atoms with Gasteiger partial charge in [0.05, 0.1) is 12.3 Å². The first-order chi connectivity index (χ1) is 6.38. The Morgan fingerprint density at radius 3 is 2.92 bits per heavy atom. The van der Waals surface area contributed by atoms with Crippen molar-refractivity contribution in [3.05, 3.63) is 18.1 Å². The van der Waals surface area contributed by atoms with E-state index in [-0.39, 0.29) is 6.61 Å². The van der Waals surface area contributed by atoms with Gasteiger partial charge in [0.25, 0.3) is 0 Å². The van der Waals surface area contributed by atoms with Crippen LogP contribution in [0, 0.1) is 0 Å². The average molecular weight is 199 g/mol. The lowest BCUT2D eigenvalue weighted by Crippen LogP contribution is -2.18. The molecule has 1 heterocycles. The Kier molecular flexibility index (Phi) is 4.74. The Morgan fingerprint density at radius 2 is 2.23 bits per heavy atom. The molecule has 1 aromatic heterocycles. The van der Waals surface area contributed by atoms with Gasteiger partial charge in [-0.15, -0.1) is 11.8 Å². The molecule has 2 N–H and O–H groups in total. The van der Waals surface area contributed by atoms with Crippen LogP contribution in [-0.2, 0) is 6.54 Å². The molecule has 0 spiro atoms. The molecule has 0 aromatic carbocycles. The molecule has 0 aliphatic heterocycles. The van der Waals surface area contributed by atoms with Gasteiger partial charge >= 0.3 is 0 Å². The van der Waals surface area contributed by atoms with Crippen LogP contribution < -0.4 is 5.32 Å². The van der Waals surface area contributed by atoms with Crippen LogP contribution in [0.2, 0.25) is 0 Å². The molecule has 4 nitrogen and oxygen atoms in total. The molecular weight excluding hydrogens is 186 g/mol. The number of aliphatic hydroxyl groups excluding tert-OH is 1. The quantitative estimate of drug-likeness (QED) is 0.527. The highest BCUT2D eigenvalue weighted by molar-refractivity contribution is 7.98. The molecule has 72 valence electrons. The summed E-state index contributed by atoms with van der Waals surface area (Å²) in [6, 6.07) is 0. The molecule has 1 aromatic rings. The first-order valence-corrected chi connectivity index (χ1v) is 5.26. The first kappa shape index (κ1) is 10.4. The number of rotatable bonds is 5. The summed E-state index contributed by atoms with van der Waals surface area (Å²) in [6.07, 6.45) is 5.33. The third-order valence-corrected chi connectivity index (χ3v) is 2.24. The van der Waals surface area contributed by atoms with E-state index < -0.39 is 0 Å². The van der Waals surface area contributed by atoms with E-state index in [1.165, 1.54) is 0 Å². The van der Waals surface area contributed by atoms with E-state index in [0.29, 0.717) is 13.1 Å². The van der Waals surface area contributed by atoms with Crippen molar-refractivity contribution >= 4 is 11.8 Å². The number of aliphatic hydroxyl groups is 1. The van der Waals surface area contributed by atoms with Crippen molar-refractivity contribution in [1.29, 1.82) is 0 Å². The Bertz CT molecular complexity index is 257. The number of nitrogens with zero attached hydrogens (tertiary/aromatic N) is 2. The largest absolute Gasteiger partial charge is 0.395 e. The van der Waals surface area contributed by atoms with E-state index in [1.807, 2.05) is 6.26 Å². The first-order valence-electron chi connectivity index (χ1n) is 4.04. The Labute approximate surface area is 81.8 Å². The number of nitrogens with one attached hydrogen (secondary N) is 1. The van der Waals surface area contributed by atoms with Crippen LogP contribution in [0.4, 0.5) is 0 Å². The van der Waals surface area contributed by atoms with Crippen LogP contribution in [0.3, 0.4) is 0 Å². The van der Waals surface area contributed by atoms with Crippen LogP contribution in [0.5, 0.6) is 0 Å². The summed E-state index contributed by atoms with van der Waals surface area (Å²) in [5.74, 6) is 0. The van der Waals surface area contributed by atoms with Gasteiger partial charge < -0.3 is 10.4 Å². The molecule has 0 atom stereocenters. The summed E-state index contributed by atoms with van der Waals surface area (Å²) >= 11 is 1.58. The fourth-order valence-corrected chi connectivity index (χ4v) is 1.46. The second kappa shape index (κ2) is 5.90. The van der Waals surface area contributed by atoms with E-state index in [4.69, 9.17) is 5.11 Å². The minimum Gasteiger partial charge on any atom is -0.395 e. The van der Waals surface area contributed by atoms with Gasteiger partial charge in [-0.1, -0.05) is 0 Å². The van der Waals surface area contributed by atoms with Crippen LogP contribution >= 0.6 is 11.8 Å². The lowest BCUT2D eigenvalue weighted by Gasteiger charge is -2.04. The molecule has 1 rings (SSSR count). The Hall–Kier alpha value is -0.650. The summed E-state index contributed by atoms with van der Waals surface area (Å²) in [5.41, 5.74) is 0.934. The van der Waals surface area contributed by atoms with Crippen LogP contribution in [0.25, 0.3) is 0 Å². The van der Waals surface area contributed by atoms with E-state index in [0.717, 1.165) is 10.7 Å². The maximum atomic E-state index is 8.57. The molecule has 0 saturated carbocycles. The highest BCUT2D eigenvalue weighted by Crippen LogP contribution is 2.13. The monoisotopic (exact) mass is 199 g/mol. The topological polar surface area (TPSA) is 58.0 Å². The molecule has 0 aliphatic rings. The van der Waals surface area contributed by atoms with Gasteiger partial charge in [0.15, 0.2) is 0 Å². The van der Waals surface area contributed by atoms with Gasteiger partial charge in [0, 0.05) is 25.5 Å². The molecule has 0 bridgehead atoms. The van der Waals surface area contributed by atoms with Gasteiger partial charge in [-0.3, -0.25) is 4.98 Å². The predicted octanol–water partition coefficient (Wildman–Crippen LogP) is 0.280. The molecule has 5 heteroatoms. The molecule has 0 saturated heterocycles. The molecular formula is C8H13N3OS. The molecule has 13 heavy (non-hydrogen) atoms. The average Bonchev–Trinajstić information content (AvgIpc) is 2.19. The number of hydrogen-bond acceptors (Lipinski definition) is 5. The highest BCUT2D eigenvalue weighted by atomic mass is 32.2. The summed E-state index contributed by atoms with van der Waals surface area (Å²) in [7, 11) is 0. The van der Waals surface area contributed by atoms with Crippen molar-refractivity contribution in [2.24, 2.45) is 0 Å². The Morgan fingerprint density at radius 1 is 1.46 bits per heavy atom. The van der Waals surface area contributed by atoms with E-state index >= 15 is 0 Å². The van der Waals surface area contributed by atoms with Crippen molar-refractivity contribution in [3.63, 3.8) is 0 Å². The third kappa shape index (κ3) is 3.30. The zero-order chi connectivity index (χ0) is 9.52. The van der Waals surface area contributed by atoms with E-state index in [9.17, 15) is 0 Å². The summed E-state index contributed by atoms with van der Waals surface area (Å²) in [5, 5.41) is 12.6. The highest BCUT2D eigenvalue weighted by Gasteiger charge is 2.01. The number of hydrogen-bond donors (Lipinski definition) is 2. The zero-order valence-electron chi connectivity index (χ0n) is 7.53. The molecule has 0 amide bonds. The van der Waals surface area contributed by atoms with Crippen LogP contribution in [0.1, 0.15) is 5.69 Å². The molecule has 0 aliphatic carbocycles. The molecule has 0 fully saturated rings. The zero-order valence-corrected chi connectivity index (χ0v) is 8.34. The smallest absolute Gasteiger partial charge is 0.119 e. The summed E-state index contributed by atoms with van der Waals surface area (Å²) in [4.78, 5) is 8.37. The fourth-order valence-electron chi connectivity index (χ4n) is 0.932. The summed E-state index contributed by atoms with van der Waals surface area (Å²) in [6.45, 7) is 1.39. The second-order valence-corrected chi connectivity index (χ2v) is 3.21. The minimum absolute atomic E-state index is 0.148. The normalized spacial score (nSPS) is 10.3. The predicted molar refractivity (Wildman–Crippen MR) is 52.6 cm³/mol.